The van der Waals surface area contributed by atoms with Crippen molar-refractivity contribution in [2.45, 2.75) is 6.54 Å². The van der Waals surface area contributed by atoms with Crippen LogP contribution in [0, 0.1) is 0 Å². The highest BCUT2D eigenvalue weighted by Gasteiger charge is 1.98. The summed E-state index contributed by atoms with van der Waals surface area (Å²) in [4.78, 5) is 7.82. The molecule has 1 N–H and O–H groups in total. The van der Waals surface area contributed by atoms with E-state index in [0.29, 0.717) is 17.5 Å². The van der Waals surface area contributed by atoms with Crippen LogP contribution in [0.2, 0.25) is 5.15 Å². The first kappa shape index (κ1) is 9.92. The number of nitrogens with one attached hydrogen (secondary N) is 1. The van der Waals surface area contributed by atoms with Gasteiger partial charge in [-0.05, 0) is 0 Å². The Hall–Kier alpha value is -1.62. The predicted octanol–water partition coefficient (Wildman–Crippen LogP) is 1.48. The molecule has 5 nitrogen and oxygen atoms in total. The lowest BCUT2D eigenvalue weighted by Gasteiger charge is -2.02. The van der Waals surface area contributed by atoms with E-state index in [9.17, 15) is 0 Å². The number of aromatic nitrogens is 4. The standard InChI is InChI=1S/C9H10ClN5/c1-15-5-7(4-14-15)3-11-9-2-8(10)12-6-13-9/h2,4-6H,3H2,1H3,(H,11,12,13). The highest BCUT2D eigenvalue weighted by Crippen LogP contribution is 2.09. The van der Waals surface area contributed by atoms with Gasteiger partial charge in [0.2, 0.25) is 0 Å². The third-order valence-electron chi connectivity index (χ3n) is 1.87. The van der Waals surface area contributed by atoms with E-state index in [4.69, 9.17) is 11.6 Å². The van der Waals surface area contributed by atoms with Gasteiger partial charge in [-0.25, -0.2) is 9.97 Å². The molecule has 0 amide bonds. The molecule has 0 saturated carbocycles. The fourth-order valence-corrected chi connectivity index (χ4v) is 1.33. The van der Waals surface area contributed by atoms with Crippen LogP contribution < -0.4 is 5.32 Å². The molecule has 2 heterocycles. The van der Waals surface area contributed by atoms with Gasteiger partial charge >= 0.3 is 0 Å². The van der Waals surface area contributed by atoms with Crippen molar-refractivity contribution in [3.8, 4) is 0 Å². The molecule has 6 heteroatoms. The molecule has 0 bridgehead atoms. The number of rotatable bonds is 3. The molecule has 2 rings (SSSR count). The van der Waals surface area contributed by atoms with Gasteiger partial charge in [0.25, 0.3) is 0 Å². The van der Waals surface area contributed by atoms with Crippen molar-refractivity contribution in [3.05, 3.63) is 35.5 Å². The summed E-state index contributed by atoms with van der Waals surface area (Å²) < 4.78 is 1.75. The molecule has 0 unspecified atom stereocenters. The second kappa shape index (κ2) is 4.27. The molecule has 0 fully saturated rings. The van der Waals surface area contributed by atoms with Crippen molar-refractivity contribution in [1.82, 2.24) is 19.7 Å². The summed E-state index contributed by atoms with van der Waals surface area (Å²) in [5.41, 5.74) is 1.09. The number of anilines is 1. The van der Waals surface area contributed by atoms with Gasteiger partial charge in [-0.1, -0.05) is 11.6 Å². The Bertz CT molecular complexity index is 453. The highest BCUT2D eigenvalue weighted by atomic mass is 35.5. The first-order valence-electron chi connectivity index (χ1n) is 4.43. The summed E-state index contributed by atoms with van der Waals surface area (Å²) in [5.74, 6) is 0.707. The number of halogens is 1. The van der Waals surface area contributed by atoms with Crippen molar-refractivity contribution >= 4 is 17.4 Å². The number of hydrogen-bond donors (Lipinski definition) is 1. The van der Waals surface area contributed by atoms with E-state index in [1.807, 2.05) is 13.2 Å². The summed E-state index contributed by atoms with van der Waals surface area (Å²) >= 11 is 5.72. The minimum absolute atomic E-state index is 0.429. The number of hydrogen-bond acceptors (Lipinski definition) is 4. The monoisotopic (exact) mass is 223 g/mol. The van der Waals surface area contributed by atoms with Gasteiger partial charge in [0, 0.05) is 31.4 Å². The SMILES string of the molecule is Cn1cc(CNc2cc(Cl)ncn2)cn1. The maximum Gasteiger partial charge on any atom is 0.134 e. The van der Waals surface area contributed by atoms with Crippen LogP contribution in [0.25, 0.3) is 0 Å². The average Bonchev–Trinajstić information content (AvgIpc) is 2.62. The van der Waals surface area contributed by atoms with Gasteiger partial charge in [-0.3, -0.25) is 4.68 Å². The summed E-state index contributed by atoms with van der Waals surface area (Å²) in [6, 6.07) is 1.68. The zero-order valence-electron chi connectivity index (χ0n) is 8.18. The van der Waals surface area contributed by atoms with E-state index in [1.54, 1.807) is 16.9 Å². The quantitative estimate of drug-likeness (QED) is 0.801. The van der Waals surface area contributed by atoms with E-state index in [-0.39, 0.29) is 0 Å². The van der Waals surface area contributed by atoms with E-state index in [1.165, 1.54) is 6.33 Å². The minimum atomic E-state index is 0.429. The van der Waals surface area contributed by atoms with E-state index < -0.39 is 0 Å². The van der Waals surface area contributed by atoms with Gasteiger partial charge in [0.15, 0.2) is 0 Å². The Labute approximate surface area is 92.1 Å². The Balaban J connectivity index is 1.99. The molecule has 0 atom stereocenters. The van der Waals surface area contributed by atoms with Crippen molar-refractivity contribution < 1.29 is 0 Å². The van der Waals surface area contributed by atoms with Crippen LogP contribution in [0.3, 0.4) is 0 Å². The molecule has 0 spiro atoms. The first-order chi connectivity index (χ1) is 7.24. The highest BCUT2D eigenvalue weighted by molar-refractivity contribution is 6.29. The lowest BCUT2D eigenvalue weighted by Crippen LogP contribution is -2.00. The van der Waals surface area contributed by atoms with Crippen LogP contribution in [-0.2, 0) is 13.6 Å². The number of nitrogens with zero attached hydrogens (tertiary/aromatic N) is 4. The minimum Gasteiger partial charge on any atom is -0.366 e. The van der Waals surface area contributed by atoms with Crippen LogP contribution >= 0.6 is 11.6 Å². The fraction of sp³-hybridized carbons (Fsp3) is 0.222. The summed E-state index contributed by atoms with van der Waals surface area (Å²) in [5, 5.41) is 7.62. The van der Waals surface area contributed by atoms with Crippen LogP contribution in [0.5, 0.6) is 0 Å². The molecule has 78 valence electrons. The average molecular weight is 224 g/mol. The molecular weight excluding hydrogens is 214 g/mol. The predicted molar refractivity (Wildman–Crippen MR) is 57.6 cm³/mol. The van der Waals surface area contributed by atoms with Crippen molar-refractivity contribution in [2.24, 2.45) is 7.05 Å². The Morgan fingerprint density at radius 3 is 3.00 bits per heavy atom. The Kier molecular flexibility index (Phi) is 2.82. The van der Waals surface area contributed by atoms with Crippen molar-refractivity contribution in [3.63, 3.8) is 0 Å². The molecule has 2 aromatic heterocycles. The molecule has 0 aliphatic carbocycles. The molecule has 0 aliphatic rings. The second-order valence-corrected chi connectivity index (χ2v) is 3.49. The first-order valence-corrected chi connectivity index (χ1v) is 4.81. The van der Waals surface area contributed by atoms with Gasteiger partial charge < -0.3 is 5.32 Å². The topological polar surface area (TPSA) is 55.6 Å². The van der Waals surface area contributed by atoms with Gasteiger partial charge in [-0.15, -0.1) is 0 Å². The normalized spacial score (nSPS) is 10.3. The Morgan fingerprint density at radius 2 is 2.33 bits per heavy atom. The van der Waals surface area contributed by atoms with Gasteiger partial charge in [0.05, 0.1) is 6.20 Å². The van der Waals surface area contributed by atoms with Gasteiger partial charge in [0.1, 0.15) is 17.3 Å². The summed E-state index contributed by atoms with van der Waals surface area (Å²) in [6.45, 7) is 0.668. The van der Waals surface area contributed by atoms with Crippen molar-refractivity contribution in [2.75, 3.05) is 5.32 Å². The molecule has 0 saturated heterocycles. The lowest BCUT2D eigenvalue weighted by atomic mass is 10.3. The molecule has 0 aromatic carbocycles. The molecule has 0 radical (unpaired) electrons. The second-order valence-electron chi connectivity index (χ2n) is 3.10. The largest absolute Gasteiger partial charge is 0.366 e. The zero-order chi connectivity index (χ0) is 10.7. The van der Waals surface area contributed by atoms with Crippen LogP contribution in [0.15, 0.2) is 24.8 Å². The molecular formula is C9H10ClN5. The molecule has 0 aliphatic heterocycles. The Morgan fingerprint density at radius 1 is 1.47 bits per heavy atom. The summed E-state index contributed by atoms with van der Waals surface area (Å²) in [7, 11) is 1.88. The van der Waals surface area contributed by atoms with Crippen LogP contribution in [0.4, 0.5) is 5.82 Å². The third kappa shape index (κ3) is 2.66. The lowest BCUT2D eigenvalue weighted by molar-refractivity contribution is 0.767. The smallest absolute Gasteiger partial charge is 0.134 e. The van der Waals surface area contributed by atoms with E-state index in [0.717, 1.165) is 5.56 Å². The number of aryl methyl sites for hydroxylation is 1. The zero-order valence-corrected chi connectivity index (χ0v) is 8.94. The molecule has 15 heavy (non-hydrogen) atoms. The maximum absolute atomic E-state index is 5.72. The molecule has 2 aromatic rings. The third-order valence-corrected chi connectivity index (χ3v) is 2.07. The summed E-state index contributed by atoms with van der Waals surface area (Å²) in [6.07, 6.45) is 5.17. The fourth-order valence-electron chi connectivity index (χ4n) is 1.19. The van der Waals surface area contributed by atoms with E-state index in [2.05, 4.69) is 20.4 Å². The van der Waals surface area contributed by atoms with Gasteiger partial charge in [-0.2, -0.15) is 5.10 Å². The van der Waals surface area contributed by atoms with Crippen LogP contribution in [0.1, 0.15) is 5.56 Å². The van der Waals surface area contributed by atoms with Crippen molar-refractivity contribution in [1.29, 1.82) is 0 Å². The van der Waals surface area contributed by atoms with Crippen LogP contribution in [-0.4, -0.2) is 19.7 Å². The maximum atomic E-state index is 5.72. The van der Waals surface area contributed by atoms with E-state index >= 15 is 0 Å².